The summed E-state index contributed by atoms with van der Waals surface area (Å²) < 4.78 is 38.2. The van der Waals surface area contributed by atoms with Gasteiger partial charge in [0.2, 0.25) is 0 Å². The summed E-state index contributed by atoms with van der Waals surface area (Å²) in [6.45, 7) is 2.75. The monoisotopic (exact) mass is 488 g/mol. The first kappa shape index (κ1) is 24.6. The summed E-state index contributed by atoms with van der Waals surface area (Å²) in [4.78, 5) is 20.9. The van der Waals surface area contributed by atoms with E-state index in [1.165, 1.54) is 6.20 Å². The van der Waals surface area contributed by atoms with Gasteiger partial charge in [0.25, 0.3) is 5.91 Å². The third kappa shape index (κ3) is 6.49. The quantitative estimate of drug-likeness (QED) is 0.551. The molecule has 10 heteroatoms. The van der Waals surface area contributed by atoms with Crippen LogP contribution < -0.4 is 10.2 Å². The Morgan fingerprint density at radius 1 is 1.22 bits per heavy atom. The van der Waals surface area contributed by atoms with E-state index >= 15 is 0 Å². The number of piperidine rings is 1. The Morgan fingerprint density at radius 3 is 2.47 bits per heavy atom. The summed E-state index contributed by atoms with van der Waals surface area (Å²) in [6.07, 6.45) is -2.15. The fourth-order valence-electron chi connectivity index (χ4n) is 4.01. The molecule has 1 aliphatic rings. The van der Waals surface area contributed by atoms with Gasteiger partial charge in [-0.25, -0.2) is 4.98 Å². The molecule has 0 bridgehead atoms. The number of amides is 1. The van der Waals surface area contributed by atoms with Gasteiger partial charge in [0.1, 0.15) is 5.82 Å². The van der Waals surface area contributed by atoms with Gasteiger partial charge in [0.15, 0.2) is 0 Å². The maximum Gasteiger partial charge on any atom is 0.390 e. The van der Waals surface area contributed by atoms with Crippen LogP contribution in [0.1, 0.15) is 36.5 Å². The van der Waals surface area contributed by atoms with Crippen molar-refractivity contribution in [2.75, 3.05) is 30.4 Å². The molecule has 1 saturated heterocycles. The molecule has 5 nitrogen and oxygen atoms in total. The van der Waals surface area contributed by atoms with Crippen LogP contribution in [0.25, 0.3) is 0 Å². The number of alkyl halides is 3. The third-order valence-electron chi connectivity index (χ3n) is 5.75. The molecule has 1 fully saturated rings. The summed E-state index contributed by atoms with van der Waals surface area (Å²) in [5.74, 6) is 0.000321. The van der Waals surface area contributed by atoms with Crippen molar-refractivity contribution in [2.24, 2.45) is 0 Å². The normalized spacial score (nSPS) is 16.6. The van der Waals surface area contributed by atoms with Gasteiger partial charge in [-0.05, 0) is 50.1 Å². The Morgan fingerprint density at radius 2 is 1.88 bits per heavy atom. The van der Waals surface area contributed by atoms with Gasteiger partial charge in [-0.2, -0.15) is 13.2 Å². The van der Waals surface area contributed by atoms with E-state index in [0.29, 0.717) is 53.0 Å². The van der Waals surface area contributed by atoms with Crippen LogP contribution in [-0.4, -0.2) is 54.2 Å². The van der Waals surface area contributed by atoms with Crippen molar-refractivity contribution in [1.82, 2.24) is 9.88 Å². The van der Waals surface area contributed by atoms with E-state index in [1.807, 2.05) is 16.8 Å². The van der Waals surface area contributed by atoms with E-state index in [-0.39, 0.29) is 11.9 Å². The number of hydrogen-bond acceptors (Lipinski definition) is 4. The Labute approximate surface area is 195 Å². The zero-order valence-corrected chi connectivity index (χ0v) is 19.3. The van der Waals surface area contributed by atoms with Crippen LogP contribution in [0.4, 0.5) is 24.7 Å². The minimum Gasteiger partial charge on any atom is -0.371 e. The van der Waals surface area contributed by atoms with Crippen molar-refractivity contribution in [2.45, 2.75) is 44.4 Å². The Bertz CT molecular complexity index is 932. The second-order valence-electron chi connectivity index (χ2n) is 8.02. The number of pyridine rings is 1. The molecule has 3 rings (SSSR count). The van der Waals surface area contributed by atoms with Gasteiger partial charge < -0.3 is 15.1 Å². The van der Waals surface area contributed by atoms with Crippen LogP contribution in [0.5, 0.6) is 0 Å². The van der Waals surface area contributed by atoms with E-state index in [4.69, 9.17) is 23.2 Å². The van der Waals surface area contributed by atoms with Crippen molar-refractivity contribution in [3.8, 4) is 0 Å². The molecular formula is C22H25Cl2F3N4O. The van der Waals surface area contributed by atoms with Gasteiger partial charge in [-0.3, -0.25) is 4.79 Å². The number of hydrogen-bond donors (Lipinski definition) is 1. The summed E-state index contributed by atoms with van der Waals surface area (Å²) in [5, 5.41) is 3.63. The number of rotatable bonds is 6. The third-order valence-corrected chi connectivity index (χ3v) is 6.21. The smallest absolute Gasteiger partial charge is 0.371 e. The highest BCUT2D eigenvalue weighted by atomic mass is 35.5. The SMILES string of the molecule is CC(CC(F)(F)F)N1CCC(N(C)c2ccc(Cl)cc2C(=O)Nc2ccc(Cl)cn2)CC1. The average Bonchev–Trinajstić information content (AvgIpc) is 2.73. The minimum absolute atomic E-state index is 0.0886. The Balaban J connectivity index is 1.70. The van der Waals surface area contributed by atoms with Crippen LogP contribution >= 0.6 is 23.2 Å². The molecule has 1 atom stereocenters. The van der Waals surface area contributed by atoms with Crippen LogP contribution in [0.15, 0.2) is 36.5 Å². The largest absolute Gasteiger partial charge is 0.390 e. The average molecular weight is 489 g/mol. The first-order valence-corrected chi connectivity index (χ1v) is 11.0. The van der Waals surface area contributed by atoms with Crippen LogP contribution in [0, 0.1) is 0 Å². The predicted octanol–water partition coefficient (Wildman–Crippen LogP) is 5.88. The van der Waals surface area contributed by atoms with Crippen molar-refractivity contribution in [3.63, 3.8) is 0 Å². The number of nitrogens with zero attached hydrogens (tertiary/aromatic N) is 3. The highest BCUT2D eigenvalue weighted by Crippen LogP contribution is 2.30. The van der Waals surface area contributed by atoms with E-state index in [1.54, 1.807) is 37.3 Å². The van der Waals surface area contributed by atoms with E-state index in [0.717, 1.165) is 0 Å². The predicted molar refractivity (Wildman–Crippen MR) is 122 cm³/mol. The van der Waals surface area contributed by atoms with Crippen molar-refractivity contribution in [3.05, 3.63) is 52.1 Å². The number of aromatic nitrogens is 1. The second kappa shape index (κ2) is 10.3. The Hall–Kier alpha value is -2.03. The number of halogens is 5. The number of carbonyl (C=O) groups is 1. The van der Waals surface area contributed by atoms with Gasteiger partial charge in [0, 0.05) is 49.1 Å². The van der Waals surface area contributed by atoms with Crippen molar-refractivity contribution < 1.29 is 18.0 Å². The first-order valence-electron chi connectivity index (χ1n) is 10.3. The van der Waals surface area contributed by atoms with Gasteiger partial charge >= 0.3 is 6.18 Å². The van der Waals surface area contributed by atoms with E-state index in [2.05, 4.69) is 10.3 Å². The highest BCUT2D eigenvalue weighted by Gasteiger charge is 2.34. The van der Waals surface area contributed by atoms with Crippen LogP contribution in [-0.2, 0) is 0 Å². The molecule has 1 aromatic heterocycles. The first-order chi connectivity index (χ1) is 15.0. The number of nitrogens with one attached hydrogen (secondary N) is 1. The summed E-state index contributed by atoms with van der Waals surface area (Å²) in [7, 11) is 1.89. The highest BCUT2D eigenvalue weighted by molar-refractivity contribution is 6.31. The molecule has 0 aliphatic carbocycles. The number of benzene rings is 1. The molecule has 1 N–H and O–H groups in total. The molecule has 1 aromatic carbocycles. The molecular weight excluding hydrogens is 464 g/mol. The lowest BCUT2D eigenvalue weighted by Crippen LogP contribution is -2.47. The molecule has 1 unspecified atom stereocenters. The Kier molecular flexibility index (Phi) is 7.90. The number of carbonyl (C=O) groups excluding carboxylic acids is 1. The second-order valence-corrected chi connectivity index (χ2v) is 8.90. The van der Waals surface area contributed by atoms with E-state index in [9.17, 15) is 18.0 Å². The lowest BCUT2D eigenvalue weighted by Gasteiger charge is -2.40. The van der Waals surface area contributed by atoms with Gasteiger partial charge in [-0.15, -0.1) is 0 Å². The molecule has 2 heterocycles. The summed E-state index contributed by atoms with van der Waals surface area (Å²) >= 11 is 12.0. The molecule has 0 spiro atoms. The van der Waals surface area contributed by atoms with Crippen LogP contribution in [0.3, 0.4) is 0 Å². The van der Waals surface area contributed by atoms with Crippen LogP contribution in [0.2, 0.25) is 10.0 Å². The maximum absolute atomic E-state index is 12.9. The molecule has 174 valence electrons. The zero-order valence-electron chi connectivity index (χ0n) is 17.8. The van der Waals surface area contributed by atoms with E-state index < -0.39 is 18.6 Å². The lowest BCUT2D eigenvalue weighted by atomic mass is 9.99. The maximum atomic E-state index is 12.9. The number of likely N-dealkylation sites (tertiary alicyclic amines) is 1. The zero-order chi connectivity index (χ0) is 23.5. The fraction of sp³-hybridized carbons (Fsp3) is 0.455. The topological polar surface area (TPSA) is 48.5 Å². The minimum atomic E-state index is -4.17. The van der Waals surface area contributed by atoms with Gasteiger partial charge in [-0.1, -0.05) is 23.2 Å². The standard InChI is InChI=1S/C22H25Cl2F3N4O/c1-14(12-22(25,26)27)31-9-7-17(8-10-31)30(2)19-5-3-15(23)11-18(19)21(32)29-20-6-4-16(24)13-28-20/h3-6,11,13-14,17H,7-10,12H2,1-2H3,(H,28,29,32). The molecule has 32 heavy (non-hydrogen) atoms. The van der Waals surface area contributed by atoms with Crippen molar-refractivity contribution in [1.29, 1.82) is 0 Å². The summed E-state index contributed by atoms with van der Waals surface area (Å²) in [5.41, 5.74) is 1.09. The molecule has 1 amide bonds. The molecule has 2 aromatic rings. The van der Waals surface area contributed by atoms with Crippen molar-refractivity contribution >= 4 is 40.6 Å². The fourth-order valence-corrected chi connectivity index (χ4v) is 4.29. The lowest BCUT2D eigenvalue weighted by molar-refractivity contribution is -0.146. The molecule has 0 saturated carbocycles. The number of anilines is 2. The summed E-state index contributed by atoms with van der Waals surface area (Å²) in [6, 6.07) is 7.86. The molecule has 1 aliphatic heterocycles. The molecule has 0 radical (unpaired) electrons. The van der Waals surface area contributed by atoms with Gasteiger partial charge in [0.05, 0.1) is 17.0 Å².